The van der Waals surface area contributed by atoms with Crippen molar-refractivity contribution >= 4 is 32.2 Å². The van der Waals surface area contributed by atoms with Crippen LogP contribution in [0.1, 0.15) is 15.9 Å². The van der Waals surface area contributed by atoms with Gasteiger partial charge in [0.1, 0.15) is 5.75 Å². The summed E-state index contributed by atoms with van der Waals surface area (Å²) in [4.78, 5) is 11.1. The van der Waals surface area contributed by atoms with E-state index >= 15 is 0 Å². The van der Waals surface area contributed by atoms with Gasteiger partial charge in [0.25, 0.3) is 0 Å². The predicted octanol–water partition coefficient (Wildman–Crippen LogP) is 3.19. The Morgan fingerprint density at radius 3 is 2.62 bits per heavy atom. The van der Waals surface area contributed by atoms with Crippen molar-refractivity contribution in [3.8, 4) is 5.75 Å². The lowest BCUT2D eigenvalue weighted by atomic mass is 10.1. The molecule has 1 aromatic rings. The van der Waals surface area contributed by atoms with Crippen LogP contribution in [0.15, 0.2) is 12.1 Å². The van der Waals surface area contributed by atoms with E-state index < -0.39 is 0 Å². The number of hydrogen-bond donors (Lipinski definition) is 0. The number of aryl methyl sites for hydroxylation is 1. The van der Waals surface area contributed by atoms with Crippen molar-refractivity contribution in [1.82, 2.24) is 0 Å². The third kappa shape index (κ3) is 2.23. The monoisotopic (exact) mass is 262 g/mol. The first-order valence-corrected chi connectivity index (χ1v) is 4.77. The maximum Gasteiger partial charge on any atom is 0.231 e. The Morgan fingerprint density at radius 2 is 2.15 bits per heavy atom. The van der Waals surface area contributed by atoms with Gasteiger partial charge in [-0.1, -0.05) is 11.6 Å². The van der Waals surface area contributed by atoms with Crippen LogP contribution in [0.3, 0.4) is 0 Å². The molecule has 1 aromatic carbocycles. The van der Waals surface area contributed by atoms with E-state index in [-0.39, 0.29) is 4.69 Å². The van der Waals surface area contributed by atoms with Gasteiger partial charge in [-0.3, -0.25) is 4.79 Å². The molecule has 70 valence electrons. The third-order valence-corrected chi connectivity index (χ3v) is 2.53. The molecular weight excluding hydrogens is 255 g/mol. The van der Waals surface area contributed by atoms with Crippen molar-refractivity contribution in [2.24, 2.45) is 0 Å². The van der Waals surface area contributed by atoms with Crippen molar-refractivity contribution in [2.45, 2.75) is 6.92 Å². The smallest absolute Gasteiger partial charge is 0.231 e. The molecule has 0 unspecified atom stereocenters. The third-order valence-electron chi connectivity index (χ3n) is 1.69. The Kier molecular flexibility index (Phi) is 3.33. The van der Waals surface area contributed by atoms with Crippen LogP contribution in [0, 0.1) is 6.92 Å². The summed E-state index contributed by atoms with van der Waals surface area (Å²) in [5, 5.41) is 0.559. The number of rotatable bonds is 2. The second-order valence-corrected chi connectivity index (χ2v) is 3.70. The number of carbonyl (C=O) groups is 1. The first kappa shape index (κ1) is 10.5. The van der Waals surface area contributed by atoms with Gasteiger partial charge < -0.3 is 4.74 Å². The Morgan fingerprint density at radius 1 is 1.54 bits per heavy atom. The minimum Gasteiger partial charge on any atom is -0.496 e. The molecule has 0 saturated heterocycles. The number of benzene rings is 1. The number of ether oxygens (including phenoxy) is 1. The normalized spacial score (nSPS) is 9.85. The van der Waals surface area contributed by atoms with E-state index in [4.69, 9.17) is 16.3 Å². The Hall–Kier alpha value is -0.540. The van der Waals surface area contributed by atoms with Gasteiger partial charge in [-0.25, -0.2) is 0 Å². The summed E-state index contributed by atoms with van der Waals surface area (Å²) in [6.07, 6.45) is 0. The molecule has 0 aliphatic heterocycles. The molecule has 0 N–H and O–H groups in total. The number of hydrogen-bond acceptors (Lipinski definition) is 2. The molecule has 0 atom stereocenters. The summed E-state index contributed by atoms with van der Waals surface area (Å²) in [5.41, 5.74) is 1.33. The molecule has 0 heterocycles. The molecule has 0 radical (unpaired) electrons. The first-order chi connectivity index (χ1) is 6.06. The van der Waals surface area contributed by atoms with Crippen LogP contribution < -0.4 is 4.74 Å². The first-order valence-electron chi connectivity index (χ1n) is 3.60. The SMILES string of the molecule is COc1cc(C)c(Cl)cc1C(=O)Br. The van der Waals surface area contributed by atoms with Crippen LogP contribution in [0.4, 0.5) is 0 Å². The molecule has 1 rings (SSSR count). The number of carbonyl (C=O) groups excluding carboxylic acids is 1. The van der Waals surface area contributed by atoms with Gasteiger partial charge in [0.05, 0.1) is 12.7 Å². The number of halogens is 2. The fraction of sp³-hybridized carbons (Fsp3) is 0.222. The lowest BCUT2D eigenvalue weighted by Gasteiger charge is -2.07. The fourth-order valence-corrected chi connectivity index (χ4v) is 1.45. The molecule has 0 aromatic heterocycles. The van der Waals surface area contributed by atoms with E-state index in [2.05, 4.69) is 15.9 Å². The quantitative estimate of drug-likeness (QED) is 0.766. The van der Waals surface area contributed by atoms with Crippen molar-refractivity contribution in [3.63, 3.8) is 0 Å². The molecule has 13 heavy (non-hydrogen) atoms. The predicted molar refractivity (Wildman–Crippen MR) is 56.0 cm³/mol. The van der Waals surface area contributed by atoms with Crippen LogP contribution in [0.25, 0.3) is 0 Å². The second kappa shape index (κ2) is 4.11. The van der Waals surface area contributed by atoms with E-state index in [0.717, 1.165) is 5.56 Å². The average Bonchev–Trinajstić information content (AvgIpc) is 2.08. The molecule has 2 nitrogen and oxygen atoms in total. The summed E-state index contributed by atoms with van der Waals surface area (Å²) >= 11 is 8.71. The highest BCUT2D eigenvalue weighted by Gasteiger charge is 2.11. The maximum atomic E-state index is 11.1. The van der Waals surface area contributed by atoms with Crippen LogP contribution in [-0.4, -0.2) is 11.8 Å². The zero-order valence-corrected chi connectivity index (χ0v) is 9.57. The summed E-state index contributed by atoms with van der Waals surface area (Å²) in [6, 6.07) is 3.32. The van der Waals surface area contributed by atoms with E-state index in [9.17, 15) is 4.79 Å². The highest BCUT2D eigenvalue weighted by Crippen LogP contribution is 2.27. The molecule has 0 saturated carbocycles. The molecule has 0 bridgehead atoms. The summed E-state index contributed by atoms with van der Waals surface area (Å²) in [7, 11) is 1.52. The van der Waals surface area contributed by atoms with Gasteiger partial charge >= 0.3 is 0 Å². The minimum atomic E-state index is -0.230. The number of methoxy groups -OCH3 is 1. The standard InChI is InChI=1S/C9H8BrClO2/c1-5-3-8(13-2)6(9(10)12)4-7(5)11/h3-4H,1-2H3. The average molecular weight is 264 g/mol. The summed E-state index contributed by atoms with van der Waals surface area (Å²) in [6.45, 7) is 1.85. The second-order valence-electron chi connectivity index (χ2n) is 2.58. The van der Waals surface area contributed by atoms with Gasteiger partial charge in [-0.15, -0.1) is 0 Å². The molecule has 0 spiro atoms. The van der Waals surface area contributed by atoms with E-state index in [0.29, 0.717) is 16.3 Å². The van der Waals surface area contributed by atoms with Gasteiger partial charge in [0, 0.05) is 5.02 Å². The zero-order valence-electron chi connectivity index (χ0n) is 7.23. The van der Waals surface area contributed by atoms with E-state index in [1.165, 1.54) is 7.11 Å². The minimum absolute atomic E-state index is 0.230. The van der Waals surface area contributed by atoms with Gasteiger partial charge in [0.2, 0.25) is 4.69 Å². The lowest BCUT2D eigenvalue weighted by Crippen LogP contribution is -1.96. The maximum absolute atomic E-state index is 11.1. The van der Waals surface area contributed by atoms with Crippen molar-refractivity contribution in [2.75, 3.05) is 7.11 Å². The molecule has 4 heteroatoms. The van der Waals surface area contributed by atoms with Crippen molar-refractivity contribution < 1.29 is 9.53 Å². The summed E-state index contributed by atoms with van der Waals surface area (Å²) < 4.78 is 4.80. The largest absolute Gasteiger partial charge is 0.496 e. The fourth-order valence-electron chi connectivity index (χ4n) is 0.978. The van der Waals surface area contributed by atoms with Crippen LogP contribution >= 0.6 is 27.5 Å². The Labute approximate surface area is 90.0 Å². The van der Waals surface area contributed by atoms with E-state index in [1.807, 2.05) is 6.92 Å². The summed E-state index contributed by atoms with van der Waals surface area (Å²) in [5.74, 6) is 0.531. The zero-order chi connectivity index (χ0) is 10.0. The molecular formula is C9H8BrClO2. The lowest BCUT2D eigenvalue weighted by molar-refractivity contribution is 0.109. The van der Waals surface area contributed by atoms with E-state index in [1.54, 1.807) is 12.1 Å². The van der Waals surface area contributed by atoms with Crippen LogP contribution in [0.2, 0.25) is 5.02 Å². The van der Waals surface area contributed by atoms with Crippen LogP contribution in [0.5, 0.6) is 5.75 Å². The Balaban J connectivity index is 3.33. The molecule has 0 aliphatic carbocycles. The topological polar surface area (TPSA) is 26.3 Å². The molecule has 0 fully saturated rings. The Bertz CT molecular complexity index is 350. The molecule has 0 amide bonds. The van der Waals surface area contributed by atoms with Gasteiger partial charge in [-0.2, -0.15) is 0 Å². The molecule has 0 aliphatic rings. The van der Waals surface area contributed by atoms with Crippen molar-refractivity contribution in [3.05, 3.63) is 28.3 Å². The highest BCUT2D eigenvalue weighted by molar-refractivity contribution is 9.18. The van der Waals surface area contributed by atoms with Gasteiger partial charge in [0.15, 0.2) is 0 Å². The van der Waals surface area contributed by atoms with Crippen LogP contribution in [-0.2, 0) is 0 Å². The highest BCUT2D eigenvalue weighted by atomic mass is 79.9. The van der Waals surface area contributed by atoms with Gasteiger partial charge in [-0.05, 0) is 40.5 Å². The van der Waals surface area contributed by atoms with Crippen molar-refractivity contribution in [1.29, 1.82) is 0 Å².